The molecule has 3 unspecified atom stereocenters. The Hall–Kier alpha value is -1.15. The predicted octanol–water partition coefficient (Wildman–Crippen LogP) is 2.27. The van der Waals surface area contributed by atoms with E-state index in [9.17, 15) is 32.8 Å². The summed E-state index contributed by atoms with van der Waals surface area (Å²) >= 11 is 0. The highest BCUT2D eigenvalue weighted by Crippen LogP contribution is 2.42. The number of carboxylic acids is 2. The third-order valence-corrected chi connectivity index (χ3v) is 5.52. The van der Waals surface area contributed by atoms with E-state index in [1.54, 1.807) is 13.8 Å². The molecule has 0 radical (unpaired) electrons. The summed E-state index contributed by atoms with van der Waals surface area (Å²) in [5.41, 5.74) is -2.05. The van der Waals surface area contributed by atoms with Crippen molar-refractivity contribution in [2.75, 3.05) is 0 Å². The summed E-state index contributed by atoms with van der Waals surface area (Å²) < 4.78 is 32.5. The summed E-state index contributed by atoms with van der Waals surface area (Å²) in [6.07, 6.45) is 0.903. The van der Waals surface area contributed by atoms with E-state index >= 15 is 0 Å². The molecule has 0 heterocycles. The SMILES string of the molecule is CCC(C)CC(CC(C)CC)(C(=O)O)C(C(=O)O)S(=O)(=O)O. The van der Waals surface area contributed by atoms with E-state index in [1.807, 2.05) is 13.8 Å². The Morgan fingerprint density at radius 3 is 1.55 bits per heavy atom. The van der Waals surface area contributed by atoms with Crippen molar-refractivity contribution in [1.82, 2.24) is 0 Å². The standard InChI is InChI=1S/C14H26O7S/c1-5-9(3)7-14(13(17)18,8-10(4)6-2)11(12(15)16)22(19,20)21/h9-11H,5-8H2,1-4H3,(H,15,16)(H,17,18)(H,19,20,21). The lowest BCUT2D eigenvalue weighted by Crippen LogP contribution is -2.52. The van der Waals surface area contributed by atoms with Crippen LogP contribution in [0.1, 0.15) is 53.4 Å². The number of rotatable bonds is 10. The lowest BCUT2D eigenvalue weighted by atomic mass is 9.70. The summed E-state index contributed by atoms with van der Waals surface area (Å²) in [7, 11) is -5.05. The zero-order valence-electron chi connectivity index (χ0n) is 13.4. The second-order valence-electron chi connectivity index (χ2n) is 6.13. The van der Waals surface area contributed by atoms with E-state index in [1.165, 1.54) is 0 Å². The van der Waals surface area contributed by atoms with E-state index in [0.717, 1.165) is 0 Å². The Morgan fingerprint density at radius 1 is 1.00 bits per heavy atom. The minimum Gasteiger partial charge on any atom is -0.481 e. The summed E-state index contributed by atoms with van der Waals surface area (Å²) in [4.78, 5) is 23.3. The van der Waals surface area contributed by atoms with Gasteiger partial charge in [-0.3, -0.25) is 14.1 Å². The molecular formula is C14H26O7S. The van der Waals surface area contributed by atoms with Gasteiger partial charge >= 0.3 is 11.9 Å². The van der Waals surface area contributed by atoms with Crippen molar-refractivity contribution in [3.63, 3.8) is 0 Å². The van der Waals surface area contributed by atoms with Gasteiger partial charge in [-0.2, -0.15) is 8.42 Å². The number of carbonyl (C=O) groups is 2. The van der Waals surface area contributed by atoms with Gasteiger partial charge in [-0.25, -0.2) is 0 Å². The van der Waals surface area contributed by atoms with Gasteiger partial charge in [0.15, 0.2) is 5.25 Å². The van der Waals surface area contributed by atoms with Crippen LogP contribution in [0, 0.1) is 17.3 Å². The highest BCUT2D eigenvalue weighted by Gasteiger charge is 2.56. The molecular weight excluding hydrogens is 312 g/mol. The molecule has 0 bridgehead atoms. The van der Waals surface area contributed by atoms with Gasteiger partial charge in [-0.15, -0.1) is 0 Å². The smallest absolute Gasteiger partial charge is 0.325 e. The minimum absolute atomic E-state index is 0.125. The molecule has 0 aliphatic rings. The quantitative estimate of drug-likeness (QED) is 0.521. The molecule has 130 valence electrons. The molecule has 0 aromatic rings. The van der Waals surface area contributed by atoms with E-state index in [2.05, 4.69) is 0 Å². The fraction of sp³-hybridized carbons (Fsp3) is 0.857. The molecule has 0 spiro atoms. The maximum Gasteiger partial charge on any atom is 0.325 e. The van der Waals surface area contributed by atoms with Gasteiger partial charge in [-0.1, -0.05) is 40.5 Å². The van der Waals surface area contributed by atoms with Crippen LogP contribution in [-0.2, 0) is 19.7 Å². The summed E-state index contributed by atoms with van der Waals surface area (Å²) in [6, 6.07) is 0. The molecule has 22 heavy (non-hydrogen) atoms. The average Bonchev–Trinajstić information content (AvgIpc) is 2.35. The second kappa shape index (κ2) is 7.92. The first-order chi connectivity index (χ1) is 9.92. The number of hydrogen-bond donors (Lipinski definition) is 3. The Bertz CT molecular complexity index is 485. The summed E-state index contributed by atoms with van der Waals surface area (Å²) in [5.74, 6) is -3.72. The van der Waals surface area contributed by atoms with Crippen LogP contribution in [0.2, 0.25) is 0 Å². The van der Waals surface area contributed by atoms with Crippen LogP contribution < -0.4 is 0 Å². The van der Waals surface area contributed by atoms with Crippen molar-refractivity contribution in [2.45, 2.75) is 58.6 Å². The minimum atomic E-state index is -5.05. The van der Waals surface area contributed by atoms with E-state index < -0.39 is 32.7 Å². The zero-order chi connectivity index (χ0) is 17.7. The Morgan fingerprint density at radius 2 is 1.36 bits per heavy atom. The van der Waals surface area contributed by atoms with Crippen molar-refractivity contribution >= 4 is 22.1 Å². The highest BCUT2D eigenvalue weighted by atomic mass is 32.2. The number of hydrogen-bond acceptors (Lipinski definition) is 4. The van der Waals surface area contributed by atoms with Crippen LogP contribution in [0.15, 0.2) is 0 Å². The molecule has 0 fully saturated rings. The Balaban J connectivity index is 6.21. The molecule has 0 aromatic carbocycles. The first-order valence-corrected chi connectivity index (χ1v) is 8.85. The number of aliphatic carboxylic acids is 2. The lowest BCUT2D eigenvalue weighted by molar-refractivity contribution is -0.158. The van der Waals surface area contributed by atoms with Gasteiger partial charge in [-0.05, 0) is 24.7 Å². The van der Waals surface area contributed by atoms with Crippen molar-refractivity contribution in [3.8, 4) is 0 Å². The van der Waals surface area contributed by atoms with Crippen molar-refractivity contribution < 1.29 is 32.8 Å². The van der Waals surface area contributed by atoms with E-state index in [-0.39, 0.29) is 24.7 Å². The number of carboxylic acid groups (broad SMARTS) is 2. The van der Waals surface area contributed by atoms with Crippen LogP contribution >= 0.6 is 0 Å². The maximum atomic E-state index is 11.9. The lowest BCUT2D eigenvalue weighted by Gasteiger charge is -2.36. The second-order valence-corrected chi connectivity index (χ2v) is 7.63. The normalized spacial score (nSPS) is 19.0. The molecule has 7 nitrogen and oxygen atoms in total. The molecule has 3 N–H and O–H groups in total. The summed E-state index contributed by atoms with van der Waals surface area (Å²) in [5, 5.41) is 16.5. The molecule has 8 heteroatoms. The molecule has 0 aromatic heterocycles. The fourth-order valence-electron chi connectivity index (χ4n) is 2.77. The van der Waals surface area contributed by atoms with Crippen molar-refractivity contribution in [1.29, 1.82) is 0 Å². The van der Waals surface area contributed by atoms with Gasteiger partial charge in [0, 0.05) is 0 Å². The highest BCUT2D eigenvalue weighted by molar-refractivity contribution is 7.87. The predicted molar refractivity (Wildman–Crippen MR) is 81.2 cm³/mol. The molecule has 0 amide bonds. The van der Waals surface area contributed by atoms with E-state index in [4.69, 9.17) is 0 Å². The van der Waals surface area contributed by atoms with E-state index in [0.29, 0.717) is 12.8 Å². The van der Waals surface area contributed by atoms with Gasteiger partial charge in [0.25, 0.3) is 10.1 Å². The fourth-order valence-corrected chi connectivity index (χ4v) is 3.88. The Kier molecular flexibility index (Phi) is 7.50. The molecule has 0 aliphatic carbocycles. The van der Waals surface area contributed by atoms with Crippen LogP contribution in [0.3, 0.4) is 0 Å². The average molecular weight is 338 g/mol. The molecule has 0 saturated heterocycles. The van der Waals surface area contributed by atoms with Gasteiger partial charge in [0.2, 0.25) is 0 Å². The maximum absolute atomic E-state index is 11.9. The van der Waals surface area contributed by atoms with Crippen LogP contribution in [0.5, 0.6) is 0 Å². The monoisotopic (exact) mass is 338 g/mol. The van der Waals surface area contributed by atoms with Crippen LogP contribution in [-0.4, -0.2) is 40.4 Å². The van der Waals surface area contributed by atoms with Gasteiger partial charge in [0.1, 0.15) is 0 Å². The molecule has 0 rings (SSSR count). The summed E-state index contributed by atoms with van der Waals surface area (Å²) in [6.45, 7) is 7.09. The van der Waals surface area contributed by atoms with Crippen molar-refractivity contribution in [3.05, 3.63) is 0 Å². The van der Waals surface area contributed by atoms with Crippen molar-refractivity contribution in [2.24, 2.45) is 17.3 Å². The van der Waals surface area contributed by atoms with Crippen LogP contribution in [0.25, 0.3) is 0 Å². The van der Waals surface area contributed by atoms with Crippen LogP contribution in [0.4, 0.5) is 0 Å². The molecule has 3 atom stereocenters. The third-order valence-electron chi connectivity index (χ3n) is 4.27. The first-order valence-electron chi connectivity index (χ1n) is 7.34. The first kappa shape index (κ1) is 20.9. The third kappa shape index (κ3) is 4.95. The topological polar surface area (TPSA) is 129 Å². The molecule has 0 aliphatic heterocycles. The largest absolute Gasteiger partial charge is 0.481 e. The Labute approximate surface area is 131 Å². The van der Waals surface area contributed by atoms with Gasteiger partial charge in [0.05, 0.1) is 5.41 Å². The zero-order valence-corrected chi connectivity index (χ0v) is 14.3. The van der Waals surface area contributed by atoms with Gasteiger partial charge < -0.3 is 10.2 Å². The molecule has 0 saturated carbocycles.